The number of anilines is 1. The fourth-order valence-corrected chi connectivity index (χ4v) is 2.66. The van der Waals surface area contributed by atoms with E-state index < -0.39 is 15.8 Å². The van der Waals surface area contributed by atoms with Crippen LogP contribution in [0.5, 0.6) is 5.75 Å². The monoisotopic (exact) mass is 311 g/mol. The summed E-state index contributed by atoms with van der Waals surface area (Å²) in [7, 11) is -2.52. The number of sulfonamides is 1. The van der Waals surface area contributed by atoms with Crippen LogP contribution in [-0.2, 0) is 16.6 Å². The Morgan fingerprint density at radius 3 is 2.67 bits per heavy atom. The summed E-state index contributed by atoms with van der Waals surface area (Å²) >= 11 is 0. The lowest BCUT2D eigenvalue weighted by Gasteiger charge is -2.11. The van der Waals surface area contributed by atoms with Gasteiger partial charge in [0, 0.05) is 18.8 Å². The van der Waals surface area contributed by atoms with Gasteiger partial charge in [0.2, 0.25) is 0 Å². The molecule has 0 aliphatic carbocycles. The number of nitrogens with zero attached hydrogens (tertiary/aromatic N) is 1. The minimum absolute atomic E-state index is 0.0221. The van der Waals surface area contributed by atoms with Gasteiger partial charge in [-0.3, -0.25) is 9.71 Å². The van der Waals surface area contributed by atoms with E-state index in [0.717, 1.165) is 12.1 Å². The fourth-order valence-electron chi connectivity index (χ4n) is 1.64. The van der Waals surface area contributed by atoms with E-state index >= 15 is 0 Å². The van der Waals surface area contributed by atoms with Crippen LogP contribution in [0.4, 0.5) is 10.1 Å². The number of rotatable bonds is 5. The second kappa shape index (κ2) is 6.06. The van der Waals surface area contributed by atoms with Crippen LogP contribution in [0.2, 0.25) is 0 Å². The molecule has 1 aromatic heterocycles. The SMILES string of the molecule is COc1cc(F)ccc1NS(=O)(=O)c1ccc(CN)nc1. The predicted molar refractivity (Wildman–Crippen MR) is 75.9 cm³/mol. The zero-order valence-corrected chi connectivity index (χ0v) is 12.0. The van der Waals surface area contributed by atoms with Gasteiger partial charge in [-0.2, -0.15) is 0 Å². The van der Waals surface area contributed by atoms with Gasteiger partial charge in [-0.25, -0.2) is 12.8 Å². The van der Waals surface area contributed by atoms with Gasteiger partial charge in [0.05, 0.1) is 18.5 Å². The molecule has 2 rings (SSSR count). The van der Waals surface area contributed by atoms with Crippen LogP contribution in [0.1, 0.15) is 5.69 Å². The first-order valence-electron chi connectivity index (χ1n) is 5.97. The molecule has 0 fully saturated rings. The lowest BCUT2D eigenvalue weighted by Crippen LogP contribution is -2.14. The molecule has 112 valence electrons. The highest BCUT2D eigenvalue weighted by Gasteiger charge is 2.17. The Kier molecular flexibility index (Phi) is 4.39. The third-order valence-electron chi connectivity index (χ3n) is 2.72. The summed E-state index contributed by atoms with van der Waals surface area (Å²) in [6.07, 6.45) is 1.21. The van der Waals surface area contributed by atoms with Crippen LogP contribution in [0, 0.1) is 5.82 Å². The first-order chi connectivity index (χ1) is 9.96. The number of methoxy groups -OCH3 is 1. The molecule has 0 bridgehead atoms. The Labute approximate surface area is 121 Å². The molecule has 1 aromatic carbocycles. The highest BCUT2D eigenvalue weighted by Crippen LogP contribution is 2.27. The van der Waals surface area contributed by atoms with Crippen molar-refractivity contribution in [1.82, 2.24) is 4.98 Å². The number of hydrogen-bond donors (Lipinski definition) is 2. The maximum atomic E-state index is 13.1. The molecule has 0 unspecified atom stereocenters. The minimum atomic E-state index is -3.84. The second-order valence-corrected chi connectivity index (χ2v) is 5.82. The van der Waals surface area contributed by atoms with Crippen molar-refractivity contribution < 1.29 is 17.5 Å². The summed E-state index contributed by atoms with van der Waals surface area (Å²) < 4.78 is 44.8. The Bertz CT molecular complexity index is 733. The van der Waals surface area contributed by atoms with Crippen LogP contribution in [0.3, 0.4) is 0 Å². The molecule has 0 radical (unpaired) electrons. The number of pyridine rings is 1. The average molecular weight is 311 g/mol. The summed E-state index contributed by atoms with van der Waals surface area (Å²) in [5, 5.41) is 0. The van der Waals surface area contributed by atoms with Gasteiger partial charge in [0.15, 0.2) is 0 Å². The maximum absolute atomic E-state index is 13.1. The number of aromatic nitrogens is 1. The molecule has 8 heteroatoms. The van der Waals surface area contributed by atoms with Crippen LogP contribution in [0.25, 0.3) is 0 Å². The van der Waals surface area contributed by atoms with Crippen molar-refractivity contribution in [2.75, 3.05) is 11.8 Å². The summed E-state index contributed by atoms with van der Waals surface area (Å²) in [5.74, 6) is -0.436. The van der Waals surface area contributed by atoms with Crippen molar-refractivity contribution in [3.05, 3.63) is 48.0 Å². The molecule has 21 heavy (non-hydrogen) atoms. The van der Waals surface area contributed by atoms with Crippen molar-refractivity contribution in [2.45, 2.75) is 11.4 Å². The predicted octanol–water partition coefficient (Wildman–Crippen LogP) is 1.49. The van der Waals surface area contributed by atoms with Gasteiger partial charge in [0.25, 0.3) is 10.0 Å². The lowest BCUT2D eigenvalue weighted by molar-refractivity contribution is 0.413. The van der Waals surface area contributed by atoms with Gasteiger partial charge in [0.1, 0.15) is 16.5 Å². The fraction of sp³-hybridized carbons (Fsp3) is 0.154. The maximum Gasteiger partial charge on any atom is 0.263 e. The molecule has 2 aromatic rings. The summed E-state index contributed by atoms with van der Waals surface area (Å²) in [6.45, 7) is 0.222. The highest BCUT2D eigenvalue weighted by molar-refractivity contribution is 7.92. The van der Waals surface area contributed by atoms with E-state index in [0.29, 0.717) is 5.69 Å². The van der Waals surface area contributed by atoms with E-state index in [1.807, 2.05) is 0 Å². The number of halogens is 1. The van der Waals surface area contributed by atoms with Gasteiger partial charge >= 0.3 is 0 Å². The topological polar surface area (TPSA) is 94.3 Å². The number of nitrogens with one attached hydrogen (secondary N) is 1. The number of benzene rings is 1. The Morgan fingerprint density at radius 1 is 1.33 bits per heavy atom. The second-order valence-electron chi connectivity index (χ2n) is 4.14. The normalized spacial score (nSPS) is 11.2. The number of hydrogen-bond acceptors (Lipinski definition) is 5. The first kappa shape index (κ1) is 15.2. The molecule has 0 saturated heterocycles. The Morgan fingerprint density at radius 2 is 2.10 bits per heavy atom. The van der Waals surface area contributed by atoms with Crippen LogP contribution in [0.15, 0.2) is 41.4 Å². The summed E-state index contributed by atoms with van der Waals surface area (Å²) in [6, 6.07) is 6.43. The highest BCUT2D eigenvalue weighted by atomic mass is 32.2. The molecule has 0 saturated carbocycles. The smallest absolute Gasteiger partial charge is 0.263 e. The first-order valence-corrected chi connectivity index (χ1v) is 7.46. The Balaban J connectivity index is 2.32. The van der Waals surface area contributed by atoms with Crippen molar-refractivity contribution in [3.8, 4) is 5.75 Å². The average Bonchev–Trinajstić information content (AvgIpc) is 2.49. The van der Waals surface area contributed by atoms with Crippen molar-refractivity contribution in [3.63, 3.8) is 0 Å². The van der Waals surface area contributed by atoms with Gasteiger partial charge < -0.3 is 10.5 Å². The summed E-state index contributed by atoms with van der Waals surface area (Å²) in [4.78, 5) is 3.90. The molecule has 3 N–H and O–H groups in total. The molecule has 1 heterocycles. The van der Waals surface area contributed by atoms with E-state index in [1.54, 1.807) is 0 Å². The quantitative estimate of drug-likeness (QED) is 0.872. The molecule has 0 amide bonds. The van der Waals surface area contributed by atoms with E-state index in [1.165, 1.54) is 31.5 Å². The third kappa shape index (κ3) is 3.47. The van der Waals surface area contributed by atoms with E-state index in [-0.39, 0.29) is 22.9 Å². The zero-order chi connectivity index (χ0) is 15.5. The van der Waals surface area contributed by atoms with Crippen LogP contribution >= 0.6 is 0 Å². The molecule has 0 aliphatic heterocycles. The van der Waals surface area contributed by atoms with E-state index in [4.69, 9.17) is 10.5 Å². The lowest BCUT2D eigenvalue weighted by atomic mass is 10.3. The molecule has 0 aliphatic rings. The van der Waals surface area contributed by atoms with Crippen molar-refractivity contribution in [1.29, 1.82) is 0 Å². The van der Waals surface area contributed by atoms with Crippen LogP contribution < -0.4 is 15.2 Å². The van der Waals surface area contributed by atoms with Gasteiger partial charge in [-0.05, 0) is 24.3 Å². The minimum Gasteiger partial charge on any atom is -0.494 e. The van der Waals surface area contributed by atoms with E-state index in [2.05, 4.69) is 9.71 Å². The molecular formula is C13H14FN3O3S. The van der Waals surface area contributed by atoms with Crippen molar-refractivity contribution >= 4 is 15.7 Å². The third-order valence-corrected chi connectivity index (χ3v) is 4.08. The van der Waals surface area contributed by atoms with E-state index in [9.17, 15) is 12.8 Å². The molecular weight excluding hydrogens is 297 g/mol. The Hall–Kier alpha value is -2.19. The van der Waals surface area contributed by atoms with Crippen LogP contribution in [-0.4, -0.2) is 20.5 Å². The molecule has 0 spiro atoms. The van der Waals surface area contributed by atoms with Gasteiger partial charge in [-0.1, -0.05) is 0 Å². The van der Waals surface area contributed by atoms with Crippen molar-refractivity contribution in [2.24, 2.45) is 5.73 Å². The zero-order valence-electron chi connectivity index (χ0n) is 11.2. The number of nitrogens with two attached hydrogens (primary N) is 1. The molecule has 6 nitrogen and oxygen atoms in total. The summed E-state index contributed by atoms with van der Waals surface area (Å²) in [5.41, 5.74) is 6.12. The standard InChI is InChI=1S/C13H14FN3O3S/c1-20-13-6-9(14)2-5-12(13)17-21(18,19)11-4-3-10(7-15)16-8-11/h2-6,8,17H,7,15H2,1H3. The number of ether oxygens (including phenoxy) is 1. The largest absolute Gasteiger partial charge is 0.494 e. The molecule has 0 atom stereocenters. The van der Waals surface area contributed by atoms with Gasteiger partial charge in [-0.15, -0.1) is 0 Å².